The molecule has 1 aromatic heterocycles. The van der Waals surface area contributed by atoms with E-state index in [1.54, 1.807) is 6.08 Å². The Hall–Kier alpha value is -2.28. The standard InChI is InChI=1S/C20H19F3N2O5S2/c21-20(22,23)13-3-1-12(2-4-13)17-24-15-6-5-14(11-16(15)31-17)32(28,29)19(18(26)25-27)7-9-30-10-8-19/h1-4,6,11,14,27H,5,7-10H2,(H,25,26). The number of nitrogens with one attached hydrogen (secondary N) is 1. The fraction of sp³-hybridized carbons (Fsp3) is 0.400. The van der Waals surface area contributed by atoms with Gasteiger partial charge in [-0.1, -0.05) is 18.2 Å². The van der Waals surface area contributed by atoms with Crippen molar-refractivity contribution < 1.29 is 36.3 Å². The van der Waals surface area contributed by atoms with E-state index in [1.165, 1.54) is 23.7 Å². The molecule has 1 fully saturated rings. The van der Waals surface area contributed by atoms with E-state index in [2.05, 4.69) is 4.98 Å². The van der Waals surface area contributed by atoms with Gasteiger partial charge in [-0.05, 0) is 37.5 Å². The summed E-state index contributed by atoms with van der Waals surface area (Å²) in [6.45, 7) is 0.153. The number of hydroxylamine groups is 1. The number of hydrogen-bond acceptors (Lipinski definition) is 7. The topological polar surface area (TPSA) is 106 Å². The number of nitrogens with zero attached hydrogens (tertiary/aromatic N) is 1. The monoisotopic (exact) mass is 488 g/mol. The van der Waals surface area contributed by atoms with E-state index in [1.807, 2.05) is 0 Å². The first kappa shape index (κ1) is 22.9. The zero-order chi connectivity index (χ0) is 23.1. The first-order valence-corrected chi connectivity index (χ1v) is 12.1. The number of amides is 1. The number of ether oxygens (including phenoxy) is 1. The van der Waals surface area contributed by atoms with Crippen molar-refractivity contribution in [3.05, 3.63) is 39.7 Å². The van der Waals surface area contributed by atoms with Crippen LogP contribution < -0.4 is 15.4 Å². The quantitative estimate of drug-likeness (QED) is 0.501. The number of benzene rings is 1. The summed E-state index contributed by atoms with van der Waals surface area (Å²) < 4.78 is 69.3. The van der Waals surface area contributed by atoms with E-state index < -0.39 is 37.5 Å². The van der Waals surface area contributed by atoms with Crippen LogP contribution in [0, 0.1) is 0 Å². The number of thiazole rings is 1. The SMILES string of the molecule is O=C(NO)C1(S(=O)(=O)C2C=c3sc(-c4ccc(C(F)(F)F)cc4)nc3=CC2)CCOCC1. The van der Waals surface area contributed by atoms with E-state index >= 15 is 0 Å². The average molecular weight is 489 g/mol. The summed E-state index contributed by atoms with van der Waals surface area (Å²) in [5, 5.41) is 9.17. The molecule has 2 aromatic rings. The van der Waals surface area contributed by atoms with Crippen molar-refractivity contribution in [2.75, 3.05) is 13.2 Å². The lowest BCUT2D eigenvalue weighted by molar-refractivity contribution is -0.137. The summed E-state index contributed by atoms with van der Waals surface area (Å²) in [4.78, 5) is 16.8. The molecule has 1 unspecified atom stereocenters. The number of halogens is 3. The Morgan fingerprint density at radius 1 is 1.22 bits per heavy atom. The molecular formula is C20H19F3N2O5S2. The molecule has 1 atom stereocenters. The highest BCUT2D eigenvalue weighted by molar-refractivity contribution is 7.94. The second kappa shape index (κ2) is 8.25. The molecule has 1 saturated heterocycles. The van der Waals surface area contributed by atoms with Crippen LogP contribution in [0.1, 0.15) is 24.8 Å². The van der Waals surface area contributed by atoms with Crippen molar-refractivity contribution in [1.29, 1.82) is 0 Å². The van der Waals surface area contributed by atoms with Gasteiger partial charge in [-0.25, -0.2) is 18.9 Å². The molecule has 0 radical (unpaired) electrons. The van der Waals surface area contributed by atoms with Crippen LogP contribution in [0.2, 0.25) is 0 Å². The number of sulfone groups is 1. The Morgan fingerprint density at radius 2 is 1.88 bits per heavy atom. The van der Waals surface area contributed by atoms with Gasteiger partial charge in [0.05, 0.1) is 20.7 Å². The lowest BCUT2D eigenvalue weighted by Gasteiger charge is -2.36. The van der Waals surface area contributed by atoms with E-state index in [0.29, 0.717) is 20.5 Å². The minimum Gasteiger partial charge on any atom is -0.381 e. The molecule has 4 rings (SSSR count). The fourth-order valence-corrected chi connectivity index (χ4v) is 7.39. The van der Waals surface area contributed by atoms with Crippen LogP contribution in [-0.4, -0.2) is 47.7 Å². The molecular weight excluding hydrogens is 469 g/mol. The van der Waals surface area contributed by atoms with Gasteiger partial charge in [0.25, 0.3) is 5.91 Å². The molecule has 0 bridgehead atoms. The van der Waals surface area contributed by atoms with E-state index in [-0.39, 0.29) is 32.5 Å². The van der Waals surface area contributed by atoms with Crippen LogP contribution >= 0.6 is 11.3 Å². The lowest BCUT2D eigenvalue weighted by Crippen LogP contribution is -2.57. The zero-order valence-electron chi connectivity index (χ0n) is 16.6. The average Bonchev–Trinajstić information content (AvgIpc) is 3.22. The van der Waals surface area contributed by atoms with Gasteiger partial charge in [0.2, 0.25) is 0 Å². The molecule has 32 heavy (non-hydrogen) atoms. The van der Waals surface area contributed by atoms with Gasteiger partial charge >= 0.3 is 6.18 Å². The second-order valence-electron chi connectivity index (χ2n) is 7.58. The van der Waals surface area contributed by atoms with E-state index in [0.717, 1.165) is 23.5 Å². The molecule has 172 valence electrons. The molecule has 1 aromatic carbocycles. The van der Waals surface area contributed by atoms with Crippen LogP contribution in [0.5, 0.6) is 0 Å². The van der Waals surface area contributed by atoms with Crippen molar-refractivity contribution in [3.63, 3.8) is 0 Å². The highest BCUT2D eigenvalue weighted by Crippen LogP contribution is 2.35. The van der Waals surface area contributed by atoms with Crippen LogP contribution in [0.15, 0.2) is 24.3 Å². The molecule has 2 aliphatic rings. The number of carbonyl (C=O) groups is 1. The maximum absolute atomic E-state index is 13.5. The predicted octanol–water partition coefficient (Wildman–Crippen LogP) is 1.63. The van der Waals surface area contributed by atoms with Crippen molar-refractivity contribution >= 4 is 39.2 Å². The van der Waals surface area contributed by atoms with Gasteiger partial charge in [0, 0.05) is 18.8 Å². The molecule has 1 amide bonds. The number of carbonyl (C=O) groups excluding carboxylic acids is 1. The largest absolute Gasteiger partial charge is 0.416 e. The van der Waals surface area contributed by atoms with Gasteiger partial charge < -0.3 is 4.74 Å². The number of rotatable bonds is 4. The molecule has 1 aliphatic carbocycles. The van der Waals surface area contributed by atoms with Crippen LogP contribution in [-0.2, 0) is 25.5 Å². The minimum atomic E-state index is -4.44. The molecule has 1 aliphatic heterocycles. The molecule has 0 saturated carbocycles. The third-order valence-electron chi connectivity index (χ3n) is 5.78. The normalized spacial score (nSPS) is 20.6. The van der Waals surface area contributed by atoms with E-state index in [4.69, 9.17) is 9.94 Å². The highest BCUT2D eigenvalue weighted by Gasteiger charge is 2.54. The van der Waals surface area contributed by atoms with Crippen LogP contribution in [0.25, 0.3) is 22.7 Å². The van der Waals surface area contributed by atoms with Gasteiger partial charge in [-0.2, -0.15) is 13.2 Å². The third kappa shape index (κ3) is 3.85. The first-order valence-electron chi connectivity index (χ1n) is 9.71. The predicted molar refractivity (Wildman–Crippen MR) is 111 cm³/mol. The highest BCUT2D eigenvalue weighted by atomic mass is 32.2. The summed E-state index contributed by atoms with van der Waals surface area (Å²) in [6.07, 6.45) is -1.32. The maximum Gasteiger partial charge on any atom is 0.416 e. The summed E-state index contributed by atoms with van der Waals surface area (Å²) in [5.74, 6) is -0.977. The Morgan fingerprint density at radius 3 is 2.47 bits per heavy atom. The van der Waals surface area contributed by atoms with Gasteiger partial charge in [0.15, 0.2) is 14.6 Å². The molecule has 12 heteroatoms. The van der Waals surface area contributed by atoms with Crippen molar-refractivity contribution in [1.82, 2.24) is 10.5 Å². The van der Waals surface area contributed by atoms with Gasteiger partial charge in [-0.15, -0.1) is 11.3 Å². The molecule has 7 nitrogen and oxygen atoms in total. The van der Waals surface area contributed by atoms with E-state index in [9.17, 15) is 26.4 Å². The summed E-state index contributed by atoms with van der Waals surface area (Å²) in [7, 11) is -4.06. The zero-order valence-corrected chi connectivity index (χ0v) is 18.2. The van der Waals surface area contributed by atoms with Crippen molar-refractivity contribution in [2.45, 2.75) is 35.4 Å². The van der Waals surface area contributed by atoms with Crippen molar-refractivity contribution in [2.24, 2.45) is 0 Å². The minimum absolute atomic E-state index is 0.0710. The molecule has 2 N–H and O–H groups in total. The number of fused-ring (bicyclic) bond motifs is 1. The summed E-state index contributed by atoms with van der Waals surface area (Å²) >= 11 is 1.16. The Balaban J connectivity index is 1.69. The van der Waals surface area contributed by atoms with Crippen LogP contribution in [0.4, 0.5) is 13.2 Å². The first-order chi connectivity index (χ1) is 15.1. The second-order valence-corrected chi connectivity index (χ2v) is 11.1. The van der Waals surface area contributed by atoms with Crippen LogP contribution in [0.3, 0.4) is 0 Å². The third-order valence-corrected chi connectivity index (χ3v) is 9.67. The Labute approximate surface area is 185 Å². The number of hydrogen-bond donors (Lipinski definition) is 2. The smallest absolute Gasteiger partial charge is 0.381 e. The number of alkyl halides is 3. The Bertz CT molecular complexity index is 1250. The van der Waals surface area contributed by atoms with Crippen molar-refractivity contribution in [3.8, 4) is 10.6 Å². The fourth-order valence-electron chi connectivity index (χ4n) is 3.95. The summed E-state index contributed by atoms with van der Waals surface area (Å²) in [5.41, 5.74) is 1.21. The molecule has 2 heterocycles. The van der Waals surface area contributed by atoms with Gasteiger partial charge in [0.1, 0.15) is 5.01 Å². The summed E-state index contributed by atoms with van der Waals surface area (Å²) in [6, 6.07) is 4.59. The lowest BCUT2D eigenvalue weighted by atomic mass is 9.98. The Kier molecular flexibility index (Phi) is 5.90. The molecule has 0 spiro atoms. The number of aromatic nitrogens is 1. The maximum atomic E-state index is 13.5. The van der Waals surface area contributed by atoms with Gasteiger partial charge in [-0.3, -0.25) is 10.0 Å².